The summed E-state index contributed by atoms with van der Waals surface area (Å²) in [7, 11) is 0. The Balaban J connectivity index is 1.33. The molecule has 1 aliphatic carbocycles. The number of rotatable bonds is 6. The van der Waals surface area contributed by atoms with E-state index in [0.29, 0.717) is 0 Å². The molecule has 242 valence electrons. The minimum absolute atomic E-state index is 0.538. The van der Waals surface area contributed by atoms with Crippen molar-refractivity contribution in [3.05, 3.63) is 234 Å². The first-order valence-corrected chi connectivity index (χ1v) is 17.5. The molecule has 2 nitrogen and oxygen atoms in total. The highest BCUT2D eigenvalue weighted by Crippen LogP contribution is 2.62. The fourth-order valence-corrected chi connectivity index (χ4v) is 8.27. The highest BCUT2D eigenvalue weighted by Gasteiger charge is 2.52. The van der Waals surface area contributed by atoms with E-state index in [2.05, 4.69) is 188 Å². The quantitative estimate of drug-likeness (QED) is 0.163. The van der Waals surface area contributed by atoms with Crippen LogP contribution in [0, 0.1) is 0 Å². The maximum atomic E-state index is 5.46. The molecular formula is C49H36N2. The Morgan fingerprint density at radius 1 is 0.490 bits per heavy atom. The summed E-state index contributed by atoms with van der Waals surface area (Å²) in [6.07, 6.45) is 0. The van der Waals surface area contributed by atoms with Crippen LogP contribution in [0.25, 0.3) is 22.4 Å². The van der Waals surface area contributed by atoms with Crippen molar-refractivity contribution >= 4 is 34.0 Å². The summed E-state index contributed by atoms with van der Waals surface area (Å²) in [5.74, 6) is 0. The predicted molar refractivity (Wildman–Crippen MR) is 214 cm³/mol. The molecule has 0 bridgehead atoms. The fraction of sp³-hybridized carbons (Fsp3) is 0.0408. The Morgan fingerprint density at radius 2 is 0.980 bits per heavy atom. The third-order valence-electron chi connectivity index (χ3n) is 10.5. The first-order valence-electron chi connectivity index (χ1n) is 17.5. The third-order valence-corrected chi connectivity index (χ3v) is 10.5. The molecule has 0 saturated heterocycles. The van der Waals surface area contributed by atoms with E-state index in [0.717, 1.165) is 33.8 Å². The zero-order chi connectivity index (χ0) is 34.4. The monoisotopic (exact) mass is 652 g/mol. The Kier molecular flexibility index (Phi) is 7.44. The zero-order valence-corrected chi connectivity index (χ0v) is 28.5. The van der Waals surface area contributed by atoms with Gasteiger partial charge in [0.1, 0.15) is 0 Å². The van der Waals surface area contributed by atoms with Crippen LogP contribution < -0.4 is 4.90 Å². The number of para-hydroxylation sites is 3. The SMILES string of the molecule is C=C(N=C(C1=C(C)C2(c3ccccc31)c1ccccc1N(c1ccccc1)c1ccccc12)c1ccc(-c2ccccc2)cc1)c1ccccc1. The van der Waals surface area contributed by atoms with Crippen molar-refractivity contribution in [1.29, 1.82) is 0 Å². The standard InChI is InChI=1S/C49H36N2/c1-34-47(48(50-35(2)36-18-6-3-7-19-36)39-32-30-38(31-33-39)37-20-8-4-9-21-37)41-24-12-13-25-42(41)49(34)43-26-14-16-28-45(43)51(40-22-10-5-11-23-40)46-29-17-15-27-44(46)49/h3-33H,2H2,1H3. The van der Waals surface area contributed by atoms with E-state index in [1.165, 1.54) is 50.3 Å². The molecule has 1 heterocycles. The lowest BCUT2D eigenvalue weighted by Gasteiger charge is -2.45. The summed E-state index contributed by atoms with van der Waals surface area (Å²) in [4.78, 5) is 7.87. The second kappa shape index (κ2) is 12.4. The summed E-state index contributed by atoms with van der Waals surface area (Å²) in [5.41, 5.74) is 16.4. The molecule has 0 aromatic heterocycles. The van der Waals surface area contributed by atoms with E-state index in [9.17, 15) is 0 Å². The predicted octanol–water partition coefficient (Wildman–Crippen LogP) is 12.4. The van der Waals surface area contributed by atoms with Crippen molar-refractivity contribution in [2.45, 2.75) is 12.3 Å². The summed E-state index contributed by atoms with van der Waals surface area (Å²) >= 11 is 0. The number of benzene rings is 7. The maximum absolute atomic E-state index is 5.46. The molecule has 2 heteroatoms. The van der Waals surface area contributed by atoms with Crippen LogP contribution in [0.15, 0.2) is 205 Å². The Bertz CT molecular complexity index is 2430. The van der Waals surface area contributed by atoms with E-state index in [1.54, 1.807) is 0 Å². The van der Waals surface area contributed by atoms with Gasteiger partial charge in [-0.25, -0.2) is 4.99 Å². The molecule has 0 N–H and O–H groups in total. The lowest BCUT2D eigenvalue weighted by Crippen LogP contribution is -2.36. The third kappa shape index (κ3) is 4.83. The smallest absolute Gasteiger partial charge is 0.0787 e. The topological polar surface area (TPSA) is 15.6 Å². The van der Waals surface area contributed by atoms with E-state index in [-0.39, 0.29) is 0 Å². The van der Waals surface area contributed by atoms with Crippen molar-refractivity contribution in [3.63, 3.8) is 0 Å². The van der Waals surface area contributed by atoms with Gasteiger partial charge in [0.2, 0.25) is 0 Å². The number of hydrogen-bond donors (Lipinski definition) is 0. The first kappa shape index (κ1) is 30.5. The van der Waals surface area contributed by atoms with Gasteiger partial charge < -0.3 is 4.90 Å². The van der Waals surface area contributed by atoms with Crippen LogP contribution in [0.1, 0.15) is 40.3 Å². The molecule has 0 fully saturated rings. The average Bonchev–Trinajstić information content (AvgIpc) is 3.46. The van der Waals surface area contributed by atoms with Gasteiger partial charge in [0.25, 0.3) is 0 Å². The van der Waals surface area contributed by atoms with Gasteiger partial charge in [-0.1, -0.05) is 170 Å². The van der Waals surface area contributed by atoms with Gasteiger partial charge in [-0.05, 0) is 75.7 Å². The van der Waals surface area contributed by atoms with Gasteiger partial charge in [-0.3, -0.25) is 0 Å². The molecule has 1 spiro atoms. The van der Waals surface area contributed by atoms with Crippen LogP contribution in [-0.4, -0.2) is 5.71 Å². The maximum Gasteiger partial charge on any atom is 0.0787 e. The second-order valence-electron chi connectivity index (χ2n) is 13.2. The number of aliphatic imine (C=N–C) groups is 1. The van der Waals surface area contributed by atoms with Gasteiger partial charge in [0.05, 0.1) is 28.2 Å². The van der Waals surface area contributed by atoms with Crippen LogP contribution in [0.4, 0.5) is 17.1 Å². The van der Waals surface area contributed by atoms with E-state index in [1.807, 2.05) is 18.2 Å². The minimum Gasteiger partial charge on any atom is -0.310 e. The minimum atomic E-state index is -0.538. The van der Waals surface area contributed by atoms with E-state index >= 15 is 0 Å². The van der Waals surface area contributed by atoms with Crippen molar-refractivity contribution in [1.82, 2.24) is 0 Å². The lowest BCUT2D eigenvalue weighted by molar-refractivity contribution is 0.729. The highest BCUT2D eigenvalue weighted by atomic mass is 15.2. The van der Waals surface area contributed by atoms with Crippen LogP contribution in [-0.2, 0) is 5.41 Å². The molecule has 0 unspecified atom stereocenters. The number of nitrogens with zero attached hydrogens (tertiary/aromatic N) is 2. The summed E-state index contributed by atoms with van der Waals surface area (Å²) < 4.78 is 0. The molecule has 0 radical (unpaired) electrons. The van der Waals surface area contributed by atoms with Gasteiger partial charge >= 0.3 is 0 Å². The van der Waals surface area contributed by atoms with Gasteiger partial charge in [-0.15, -0.1) is 0 Å². The van der Waals surface area contributed by atoms with Crippen molar-refractivity contribution in [2.75, 3.05) is 4.90 Å². The van der Waals surface area contributed by atoms with Gasteiger partial charge in [0.15, 0.2) is 0 Å². The Labute approximate surface area is 300 Å². The lowest BCUT2D eigenvalue weighted by atomic mass is 9.64. The molecular weight excluding hydrogens is 617 g/mol. The van der Waals surface area contributed by atoms with Crippen molar-refractivity contribution in [2.24, 2.45) is 4.99 Å². The molecule has 7 aromatic rings. The number of allylic oxidation sites excluding steroid dienone is 2. The normalized spacial score (nSPS) is 14.2. The van der Waals surface area contributed by atoms with Crippen molar-refractivity contribution < 1.29 is 0 Å². The first-order chi connectivity index (χ1) is 25.2. The van der Waals surface area contributed by atoms with Crippen LogP contribution in [0.3, 0.4) is 0 Å². The number of hydrogen-bond acceptors (Lipinski definition) is 2. The molecule has 9 rings (SSSR count). The van der Waals surface area contributed by atoms with Gasteiger partial charge in [-0.2, -0.15) is 0 Å². The van der Waals surface area contributed by atoms with Crippen LogP contribution in [0.2, 0.25) is 0 Å². The second-order valence-corrected chi connectivity index (χ2v) is 13.2. The molecule has 0 atom stereocenters. The van der Waals surface area contributed by atoms with Crippen molar-refractivity contribution in [3.8, 4) is 11.1 Å². The van der Waals surface area contributed by atoms with E-state index in [4.69, 9.17) is 4.99 Å². The molecule has 0 saturated carbocycles. The van der Waals surface area contributed by atoms with Crippen LogP contribution in [0.5, 0.6) is 0 Å². The van der Waals surface area contributed by atoms with E-state index < -0.39 is 5.41 Å². The fourth-order valence-electron chi connectivity index (χ4n) is 8.27. The Morgan fingerprint density at radius 3 is 1.61 bits per heavy atom. The summed E-state index contributed by atoms with van der Waals surface area (Å²) in [5, 5.41) is 0. The average molecular weight is 653 g/mol. The number of anilines is 3. The largest absolute Gasteiger partial charge is 0.310 e. The molecule has 0 amide bonds. The van der Waals surface area contributed by atoms with Crippen LogP contribution >= 0.6 is 0 Å². The summed E-state index contributed by atoms with van der Waals surface area (Å²) in [6, 6.07) is 67.1. The molecule has 7 aromatic carbocycles. The molecule has 2 aliphatic rings. The van der Waals surface area contributed by atoms with Gasteiger partial charge in [0, 0.05) is 16.8 Å². The highest BCUT2D eigenvalue weighted by molar-refractivity contribution is 6.35. The number of fused-ring (bicyclic) bond motifs is 6. The zero-order valence-electron chi connectivity index (χ0n) is 28.5. The molecule has 1 aliphatic heterocycles. The summed E-state index contributed by atoms with van der Waals surface area (Å²) in [6.45, 7) is 6.83. The Hall–Kier alpha value is -6.51. The molecule has 51 heavy (non-hydrogen) atoms.